The van der Waals surface area contributed by atoms with Crippen LogP contribution in [0.1, 0.15) is 0 Å². The van der Waals surface area contributed by atoms with Crippen molar-refractivity contribution in [3.05, 3.63) is 48.5 Å². The largest absolute Gasteiger partial charge is 0.497 e. The van der Waals surface area contributed by atoms with Gasteiger partial charge < -0.3 is 14.8 Å². The van der Waals surface area contributed by atoms with Crippen molar-refractivity contribution in [2.45, 2.75) is 4.90 Å². The van der Waals surface area contributed by atoms with Crippen molar-refractivity contribution in [3.8, 4) is 11.5 Å². The first kappa shape index (κ1) is 17.8. The molecule has 0 fully saturated rings. The van der Waals surface area contributed by atoms with E-state index in [1.54, 1.807) is 24.3 Å². The van der Waals surface area contributed by atoms with E-state index >= 15 is 0 Å². The van der Waals surface area contributed by atoms with Crippen LogP contribution in [-0.4, -0.2) is 35.1 Å². The summed E-state index contributed by atoms with van der Waals surface area (Å²) in [5.41, 5.74) is 0.517. The van der Waals surface area contributed by atoms with Crippen molar-refractivity contribution in [1.29, 1.82) is 0 Å². The van der Waals surface area contributed by atoms with Crippen LogP contribution in [0.4, 0.5) is 5.69 Å². The Bertz CT molecular complexity index is 803. The van der Waals surface area contributed by atoms with Gasteiger partial charge in [0.15, 0.2) is 0 Å². The number of ether oxygens (including phenoxy) is 2. The lowest BCUT2D eigenvalue weighted by Gasteiger charge is -2.09. The number of sulfonamides is 1. The molecule has 7 nitrogen and oxygen atoms in total. The van der Waals surface area contributed by atoms with Crippen LogP contribution in [0.3, 0.4) is 0 Å². The average Bonchev–Trinajstić information content (AvgIpc) is 2.60. The Morgan fingerprint density at radius 2 is 1.67 bits per heavy atom. The third-order valence-electron chi connectivity index (χ3n) is 3.15. The molecule has 24 heavy (non-hydrogen) atoms. The summed E-state index contributed by atoms with van der Waals surface area (Å²) in [5, 5.41) is 2.59. The molecule has 0 saturated heterocycles. The van der Waals surface area contributed by atoms with E-state index < -0.39 is 15.9 Å². The second kappa shape index (κ2) is 7.80. The molecule has 0 bridgehead atoms. The molecule has 0 aliphatic heterocycles. The molecular weight excluding hydrogens is 332 g/mol. The van der Waals surface area contributed by atoms with Crippen molar-refractivity contribution in [2.75, 3.05) is 26.1 Å². The average molecular weight is 350 g/mol. The van der Waals surface area contributed by atoms with E-state index in [0.717, 1.165) is 0 Å². The van der Waals surface area contributed by atoms with Crippen molar-refractivity contribution < 1.29 is 22.7 Å². The molecule has 0 radical (unpaired) electrons. The third-order valence-corrected chi connectivity index (χ3v) is 4.56. The van der Waals surface area contributed by atoms with Gasteiger partial charge in [0.05, 0.1) is 25.7 Å². The highest BCUT2D eigenvalue weighted by atomic mass is 32.2. The Hall–Kier alpha value is -2.58. The van der Waals surface area contributed by atoms with E-state index in [-0.39, 0.29) is 11.4 Å². The quantitative estimate of drug-likeness (QED) is 0.791. The fourth-order valence-electron chi connectivity index (χ4n) is 1.90. The van der Waals surface area contributed by atoms with Crippen LogP contribution in [0.15, 0.2) is 53.4 Å². The van der Waals surface area contributed by atoms with Gasteiger partial charge >= 0.3 is 0 Å². The van der Waals surface area contributed by atoms with Crippen LogP contribution in [0.2, 0.25) is 0 Å². The van der Waals surface area contributed by atoms with E-state index in [9.17, 15) is 13.2 Å². The zero-order valence-corrected chi connectivity index (χ0v) is 14.1. The Labute approximate surface area is 140 Å². The minimum Gasteiger partial charge on any atom is -0.497 e. The zero-order valence-electron chi connectivity index (χ0n) is 13.3. The first-order chi connectivity index (χ1) is 11.4. The van der Waals surface area contributed by atoms with Crippen LogP contribution < -0.4 is 19.5 Å². The standard InChI is InChI=1S/C16H18N2O5S/c1-22-13-6-8-15(9-7-13)24(20,21)17-11-16(19)18-12-4-3-5-14(10-12)23-2/h3-10,17H,11H2,1-2H3,(H,18,19). The third kappa shape index (κ3) is 4.71. The summed E-state index contributed by atoms with van der Waals surface area (Å²) in [7, 11) is -0.768. The highest BCUT2D eigenvalue weighted by Gasteiger charge is 2.15. The Kier molecular flexibility index (Phi) is 5.78. The predicted molar refractivity (Wildman–Crippen MR) is 89.8 cm³/mol. The molecule has 2 rings (SSSR count). The van der Waals surface area contributed by atoms with Gasteiger partial charge in [-0.25, -0.2) is 13.1 Å². The number of rotatable bonds is 7. The number of benzene rings is 2. The summed E-state index contributed by atoms with van der Waals surface area (Å²) < 4.78 is 36.6. The Morgan fingerprint density at radius 1 is 1.00 bits per heavy atom. The second-order valence-corrected chi connectivity index (χ2v) is 6.55. The number of carbonyl (C=O) groups excluding carboxylic acids is 1. The number of amides is 1. The summed E-state index contributed by atoms with van der Waals surface area (Å²) >= 11 is 0. The van der Waals surface area contributed by atoms with Crippen LogP contribution >= 0.6 is 0 Å². The molecule has 2 N–H and O–H groups in total. The van der Waals surface area contributed by atoms with Gasteiger partial charge in [-0.2, -0.15) is 0 Å². The van der Waals surface area contributed by atoms with E-state index in [1.807, 2.05) is 0 Å². The van der Waals surface area contributed by atoms with Crippen LogP contribution in [0.5, 0.6) is 11.5 Å². The van der Waals surface area contributed by atoms with Gasteiger partial charge in [0.2, 0.25) is 15.9 Å². The van der Waals surface area contributed by atoms with Crippen LogP contribution in [0, 0.1) is 0 Å². The molecule has 0 heterocycles. The van der Waals surface area contributed by atoms with Gasteiger partial charge in [-0.05, 0) is 36.4 Å². The van der Waals surface area contributed by atoms with Crippen molar-refractivity contribution in [3.63, 3.8) is 0 Å². The van der Waals surface area contributed by atoms with E-state index in [2.05, 4.69) is 10.0 Å². The molecule has 128 valence electrons. The minimum atomic E-state index is -3.78. The SMILES string of the molecule is COc1ccc(S(=O)(=O)NCC(=O)Nc2cccc(OC)c2)cc1. The predicted octanol–water partition coefficient (Wildman–Crippen LogP) is 1.62. The van der Waals surface area contributed by atoms with Gasteiger partial charge in [0.25, 0.3) is 0 Å². The number of nitrogens with one attached hydrogen (secondary N) is 2. The maximum Gasteiger partial charge on any atom is 0.241 e. The Balaban J connectivity index is 1.96. The number of hydrogen-bond acceptors (Lipinski definition) is 5. The van der Waals surface area contributed by atoms with Gasteiger partial charge in [0, 0.05) is 11.8 Å². The molecule has 0 unspecified atom stereocenters. The fourth-order valence-corrected chi connectivity index (χ4v) is 2.89. The normalized spacial score (nSPS) is 10.9. The smallest absolute Gasteiger partial charge is 0.241 e. The fraction of sp³-hybridized carbons (Fsp3) is 0.188. The summed E-state index contributed by atoms with van der Waals surface area (Å²) in [6, 6.07) is 12.6. The number of methoxy groups -OCH3 is 2. The molecule has 0 atom stereocenters. The summed E-state index contributed by atoms with van der Waals surface area (Å²) in [4.78, 5) is 11.9. The van der Waals surface area contributed by atoms with Gasteiger partial charge in [-0.1, -0.05) is 6.07 Å². The minimum absolute atomic E-state index is 0.0532. The maximum atomic E-state index is 12.1. The summed E-state index contributed by atoms with van der Waals surface area (Å²) in [5.74, 6) is 0.650. The molecule has 0 spiro atoms. The van der Waals surface area contributed by atoms with Gasteiger partial charge in [-0.3, -0.25) is 4.79 Å². The molecule has 1 amide bonds. The molecule has 0 saturated carbocycles. The number of anilines is 1. The van der Waals surface area contributed by atoms with Crippen molar-refractivity contribution >= 4 is 21.6 Å². The van der Waals surface area contributed by atoms with Gasteiger partial charge in [0.1, 0.15) is 11.5 Å². The highest BCUT2D eigenvalue weighted by Crippen LogP contribution is 2.17. The van der Waals surface area contributed by atoms with Crippen LogP contribution in [0.25, 0.3) is 0 Å². The molecule has 0 aliphatic rings. The van der Waals surface area contributed by atoms with Crippen LogP contribution in [-0.2, 0) is 14.8 Å². The Morgan fingerprint density at radius 3 is 2.29 bits per heavy atom. The lowest BCUT2D eigenvalue weighted by Crippen LogP contribution is -2.32. The molecule has 0 aromatic heterocycles. The van der Waals surface area contributed by atoms with Crippen molar-refractivity contribution in [1.82, 2.24) is 4.72 Å². The molecule has 8 heteroatoms. The summed E-state index contributed by atoms with van der Waals surface area (Å²) in [6.07, 6.45) is 0. The first-order valence-corrected chi connectivity index (χ1v) is 8.50. The van der Waals surface area contributed by atoms with Gasteiger partial charge in [-0.15, -0.1) is 0 Å². The number of carbonyl (C=O) groups is 1. The zero-order chi connectivity index (χ0) is 17.6. The topological polar surface area (TPSA) is 93.7 Å². The van der Waals surface area contributed by atoms with E-state index in [0.29, 0.717) is 17.2 Å². The first-order valence-electron chi connectivity index (χ1n) is 7.02. The highest BCUT2D eigenvalue weighted by molar-refractivity contribution is 7.89. The van der Waals surface area contributed by atoms with E-state index in [4.69, 9.17) is 9.47 Å². The lowest BCUT2D eigenvalue weighted by atomic mass is 10.3. The van der Waals surface area contributed by atoms with E-state index in [1.165, 1.54) is 38.5 Å². The molecule has 0 aliphatic carbocycles. The van der Waals surface area contributed by atoms with Crippen molar-refractivity contribution in [2.24, 2.45) is 0 Å². The molecule has 2 aromatic carbocycles. The maximum absolute atomic E-state index is 12.1. The number of hydrogen-bond donors (Lipinski definition) is 2. The molecule has 2 aromatic rings. The second-order valence-electron chi connectivity index (χ2n) is 4.78. The lowest BCUT2D eigenvalue weighted by molar-refractivity contribution is -0.115. The summed E-state index contributed by atoms with van der Waals surface area (Å²) in [6.45, 7) is -0.383. The molecular formula is C16H18N2O5S. The monoisotopic (exact) mass is 350 g/mol.